The van der Waals surface area contributed by atoms with Crippen LogP contribution < -0.4 is 10.1 Å². The van der Waals surface area contributed by atoms with E-state index in [4.69, 9.17) is 4.74 Å². The Labute approximate surface area is 127 Å². The van der Waals surface area contributed by atoms with Gasteiger partial charge in [-0.2, -0.15) is 0 Å². The van der Waals surface area contributed by atoms with Crippen molar-refractivity contribution in [3.05, 3.63) is 29.6 Å². The van der Waals surface area contributed by atoms with Crippen molar-refractivity contribution in [1.82, 2.24) is 10.2 Å². The topological polar surface area (TPSA) is 24.5 Å². The summed E-state index contributed by atoms with van der Waals surface area (Å²) < 4.78 is 18.8. The fourth-order valence-electron chi connectivity index (χ4n) is 3.14. The van der Waals surface area contributed by atoms with E-state index in [1.165, 1.54) is 7.11 Å². The van der Waals surface area contributed by atoms with Gasteiger partial charge < -0.3 is 10.1 Å². The van der Waals surface area contributed by atoms with Crippen LogP contribution in [0.5, 0.6) is 5.75 Å². The van der Waals surface area contributed by atoms with E-state index in [0.717, 1.165) is 51.0 Å². The molecule has 0 amide bonds. The van der Waals surface area contributed by atoms with Crippen LogP contribution in [-0.4, -0.2) is 37.2 Å². The van der Waals surface area contributed by atoms with Gasteiger partial charge in [0, 0.05) is 18.6 Å². The maximum Gasteiger partial charge on any atom is 0.165 e. The van der Waals surface area contributed by atoms with Crippen molar-refractivity contribution >= 4 is 0 Å². The molecule has 0 unspecified atom stereocenters. The summed E-state index contributed by atoms with van der Waals surface area (Å²) in [5.41, 5.74) is 1.21. The third-order valence-electron chi connectivity index (χ3n) is 4.65. The molecule has 0 bridgehead atoms. The van der Waals surface area contributed by atoms with Crippen LogP contribution in [-0.2, 0) is 6.54 Å². The molecule has 0 radical (unpaired) electrons. The number of rotatable bonds is 5. The van der Waals surface area contributed by atoms with Gasteiger partial charge in [-0.1, -0.05) is 19.9 Å². The summed E-state index contributed by atoms with van der Waals surface area (Å²) in [4.78, 5) is 2.44. The Morgan fingerprint density at radius 1 is 1.33 bits per heavy atom. The maximum atomic E-state index is 13.8. The lowest BCUT2D eigenvalue weighted by atomic mass is 9.92. The predicted molar refractivity (Wildman–Crippen MR) is 84.2 cm³/mol. The summed E-state index contributed by atoms with van der Waals surface area (Å²) in [6, 6.07) is 5.27. The Balaban J connectivity index is 2.08. The van der Waals surface area contributed by atoms with Crippen molar-refractivity contribution in [3.63, 3.8) is 0 Å². The summed E-state index contributed by atoms with van der Waals surface area (Å²) in [6.07, 6.45) is 3.38. The molecular weight excluding hydrogens is 267 g/mol. The third kappa shape index (κ3) is 3.95. The fourth-order valence-corrected chi connectivity index (χ4v) is 3.14. The van der Waals surface area contributed by atoms with Crippen molar-refractivity contribution in [2.75, 3.05) is 26.7 Å². The molecule has 1 saturated heterocycles. The van der Waals surface area contributed by atoms with E-state index in [9.17, 15) is 4.39 Å². The average molecular weight is 294 g/mol. The van der Waals surface area contributed by atoms with Gasteiger partial charge in [-0.15, -0.1) is 0 Å². The molecule has 3 nitrogen and oxygen atoms in total. The molecule has 1 aromatic carbocycles. The van der Waals surface area contributed by atoms with Gasteiger partial charge in [0.2, 0.25) is 0 Å². The van der Waals surface area contributed by atoms with Crippen molar-refractivity contribution in [3.8, 4) is 5.75 Å². The first-order valence-corrected chi connectivity index (χ1v) is 7.92. The summed E-state index contributed by atoms with van der Waals surface area (Å²) in [5, 5.41) is 3.70. The number of ether oxygens (including phenoxy) is 1. The summed E-state index contributed by atoms with van der Waals surface area (Å²) in [7, 11) is 1.50. The van der Waals surface area contributed by atoms with E-state index >= 15 is 0 Å². The first kappa shape index (κ1) is 16.2. The first-order valence-electron chi connectivity index (χ1n) is 7.92. The second-order valence-corrected chi connectivity index (χ2v) is 5.95. The van der Waals surface area contributed by atoms with E-state index < -0.39 is 0 Å². The Kier molecular flexibility index (Phi) is 5.59. The Morgan fingerprint density at radius 2 is 2.10 bits per heavy atom. The van der Waals surface area contributed by atoms with Crippen LogP contribution in [0.4, 0.5) is 4.39 Å². The molecule has 0 aromatic heterocycles. The number of hydrogen-bond acceptors (Lipinski definition) is 3. The van der Waals surface area contributed by atoms with Gasteiger partial charge in [0.25, 0.3) is 0 Å². The van der Waals surface area contributed by atoms with Crippen LogP contribution >= 0.6 is 0 Å². The van der Waals surface area contributed by atoms with Crippen LogP contribution in [0.1, 0.15) is 38.7 Å². The van der Waals surface area contributed by atoms with Crippen molar-refractivity contribution < 1.29 is 9.13 Å². The number of methoxy groups -OCH3 is 1. The second kappa shape index (κ2) is 7.23. The number of halogens is 1. The van der Waals surface area contributed by atoms with E-state index in [2.05, 4.69) is 24.1 Å². The molecule has 2 rings (SSSR count). The van der Waals surface area contributed by atoms with Crippen molar-refractivity contribution in [1.29, 1.82) is 0 Å². The Bertz CT molecular complexity index is 460. The minimum Gasteiger partial charge on any atom is -0.494 e. The monoisotopic (exact) mass is 294 g/mol. The van der Waals surface area contributed by atoms with Crippen LogP contribution in [0.15, 0.2) is 18.2 Å². The average Bonchev–Trinajstić information content (AvgIpc) is 2.70. The molecule has 4 heteroatoms. The molecule has 1 aromatic rings. The molecule has 1 heterocycles. The van der Waals surface area contributed by atoms with Gasteiger partial charge >= 0.3 is 0 Å². The van der Waals surface area contributed by atoms with E-state index in [-0.39, 0.29) is 11.4 Å². The quantitative estimate of drug-likeness (QED) is 0.902. The van der Waals surface area contributed by atoms with Gasteiger partial charge in [-0.05, 0) is 50.0 Å². The molecule has 1 fully saturated rings. The Hall–Kier alpha value is -1.13. The number of nitrogens with zero attached hydrogens (tertiary/aromatic N) is 1. The molecule has 0 saturated carbocycles. The zero-order chi connectivity index (χ0) is 15.3. The zero-order valence-corrected chi connectivity index (χ0v) is 13.4. The van der Waals surface area contributed by atoms with Crippen LogP contribution in [0, 0.1) is 5.82 Å². The third-order valence-corrected chi connectivity index (χ3v) is 4.65. The minimum atomic E-state index is -0.278. The van der Waals surface area contributed by atoms with E-state index in [0.29, 0.717) is 5.75 Å². The molecule has 0 spiro atoms. The summed E-state index contributed by atoms with van der Waals surface area (Å²) >= 11 is 0. The lowest BCUT2D eigenvalue weighted by molar-refractivity contribution is 0.191. The highest BCUT2D eigenvalue weighted by Gasteiger charge is 2.30. The molecule has 1 aliphatic heterocycles. The largest absolute Gasteiger partial charge is 0.494 e. The summed E-state index contributed by atoms with van der Waals surface area (Å²) in [6.45, 7) is 8.43. The minimum absolute atomic E-state index is 0.196. The molecule has 0 atom stereocenters. The normalized spacial score (nSPS) is 19.2. The molecular formula is C17H27FN2O. The van der Waals surface area contributed by atoms with Crippen LogP contribution in [0.3, 0.4) is 0 Å². The highest BCUT2D eigenvalue weighted by atomic mass is 19.1. The van der Waals surface area contributed by atoms with Gasteiger partial charge in [0.1, 0.15) is 0 Å². The van der Waals surface area contributed by atoms with E-state index in [1.807, 2.05) is 6.07 Å². The molecule has 21 heavy (non-hydrogen) atoms. The standard InChI is InChI=1S/C17H27FN2O/c1-4-17(5-2)13-20(10-6-9-19-17)12-14-7-8-16(21-3)15(18)11-14/h7-8,11,19H,4-6,9-10,12-13H2,1-3H3. The highest BCUT2D eigenvalue weighted by Crippen LogP contribution is 2.23. The molecule has 1 N–H and O–H groups in total. The van der Waals surface area contributed by atoms with Gasteiger partial charge in [0.05, 0.1) is 7.11 Å². The lowest BCUT2D eigenvalue weighted by Crippen LogP contribution is -2.50. The summed E-state index contributed by atoms with van der Waals surface area (Å²) in [5.74, 6) is 0.0351. The molecule has 118 valence electrons. The SMILES string of the molecule is CCC1(CC)CN(Cc2ccc(OC)c(F)c2)CCCN1. The van der Waals surface area contributed by atoms with Gasteiger partial charge in [-0.25, -0.2) is 4.39 Å². The predicted octanol–water partition coefficient (Wildman–Crippen LogP) is 3.19. The number of nitrogens with one attached hydrogen (secondary N) is 1. The fraction of sp³-hybridized carbons (Fsp3) is 0.647. The smallest absolute Gasteiger partial charge is 0.165 e. The highest BCUT2D eigenvalue weighted by molar-refractivity contribution is 5.29. The first-order chi connectivity index (χ1) is 10.1. The van der Waals surface area contributed by atoms with Crippen LogP contribution in [0.25, 0.3) is 0 Å². The zero-order valence-electron chi connectivity index (χ0n) is 13.4. The van der Waals surface area contributed by atoms with Crippen molar-refractivity contribution in [2.45, 2.75) is 45.2 Å². The Morgan fingerprint density at radius 3 is 2.71 bits per heavy atom. The van der Waals surface area contributed by atoms with Gasteiger partial charge in [0.15, 0.2) is 11.6 Å². The maximum absolute atomic E-state index is 13.8. The van der Waals surface area contributed by atoms with Gasteiger partial charge in [-0.3, -0.25) is 4.90 Å². The van der Waals surface area contributed by atoms with Crippen LogP contribution in [0.2, 0.25) is 0 Å². The van der Waals surface area contributed by atoms with E-state index in [1.54, 1.807) is 12.1 Å². The number of benzene rings is 1. The molecule has 0 aliphatic carbocycles. The second-order valence-electron chi connectivity index (χ2n) is 5.95. The lowest BCUT2D eigenvalue weighted by Gasteiger charge is -2.35. The molecule has 1 aliphatic rings. The number of hydrogen-bond donors (Lipinski definition) is 1. The van der Waals surface area contributed by atoms with Crippen molar-refractivity contribution in [2.24, 2.45) is 0 Å².